The van der Waals surface area contributed by atoms with Crippen molar-refractivity contribution < 1.29 is 4.52 Å². The molecule has 0 aliphatic heterocycles. The molecule has 0 bridgehead atoms. The van der Waals surface area contributed by atoms with Gasteiger partial charge in [-0.05, 0) is 36.8 Å². The number of hydrogen-bond donors (Lipinski definition) is 0. The van der Waals surface area contributed by atoms with Gasteiger partial charge in [-0.2, -0.15) is 0 Å². The predicted molar refractivity (Wildman–Crippen MR) is 74.7 cm³/mol. The smallest absolute Gasteiger partial charge is 0.141 e. The van der Waals surface area contributed by atoms with Gasteiger partial charge in [0, 0.05) is 5.56 Å². The van der Waals surface area contributed by atoms with Crippen LogP contribution in [0.3, 0.4) is 0 Å². The van der Waals surface area contributed by atoms with Gasteiger partial charge in [-0.25, -0.2) is 0 Å². The summed E-state index contributed by atoms with van der Waals surface area (Å²) >= 11 is 0. The second-order valence-corrected chi connectivity index (χ2v) is 5.36. The molecule has 0 saturated heterocycles. The van der Waals surface area contributed by atoms with Crippen molar-refractivity contribution in [3.05, 3.63) is 41.3 Å². The molecule has 0 saturated carbocycles. The molecule has 2 nitrogen and oxygen atoms in total. The average molecular weight is 243 g/mol. The van der Waals surface area contributed by atoms with Crippen molar-refractivity contribution in [1.82, 2.24) is 5.16 Å². The highest BCUT2D eigenvalue weighted by atomic mass is 16.5. The van der Waals surface area contributed by atoms with E-state index in [1.54, 1.807) is 0 Å². The maximum atomic E-state index is 5.25. The minimum atomic E-state index is 0.561. The van der Waals surface area contributed by atoms with Gasteiger partial charge in [0.25, 0.3) is 0 Å². The summed E-state index contributed by atoms with van der Waals surface area (Å²) in [5.74, 6) is 2.09. The molecule has 1 unspecified atom stereocenters. The lowest BCUT2D eigenvalue weighted by Crippen LogP contribution is -2.01. The SMILES string of the molecule is Cc1noc(C)c1-c1cccc(C(C)C(C)C)c1. The molecule has 0 N–H and O–H groups in total. The van der Waals surface area contributed by atoms with Crippen LogP contribution in [0.2, 0.25) is 0 Å². The first-order valence-electron chi connectivity index (χ1n) is 6.54. The highest BCUT2D eigenvalue weighted by Gasteiger charge is 2.14. The zero-order chi connectivity index (χ0) is 13.3. The lowest BCUT2D eigenvalue weighted by molar-refractivity contribution is 0.393. The highest BCUT2D eigenvalue weighted by Crippen LogP contribution is 2.31. The Morgan fingerprint density at radius 2 is 1.83 bits per heavy atom. The number of aromatic nitrogens is 1. The fourth-order valence-corrected chi connectivity index (χ4v) is 2.26. The van der Waals surface area contributed by atoms with Gasteiger partial charge < -0.3 is 4.52 Å². The summed E-state index contributed by atoms with van der Waals surface area (Å²) in [6.45, 7) is 10.7. The van der Waals surface area contributed by atoms with Gasteiger partial charge in [0.2, 0.25) is 0 Å². The molecular weight excluding hydrogens is 222 g/mol. The Hall–Kier alpha value is -1.57. The molecule has 0 aliphatic carbocycles. The fraction of sp³-hybridized carbons (Fsp3) is 0.438. The predicted octanol–water partition coefficient (Wildman–Crippen LogP) is 4.72. The molecule has 0 spiro atoms. The quantitative estimate of drug-likeness (QED) is 0.779. The van der Waals surface area contributed by atoms with E-state index in [4.69, 9.17) is 4.52 Å². The Labute approximate surface area is 109 Å². The molecule has 0 aliphatic rings. The fourth-order valence-electron chi connectivity index (χ4n) is 2.26. The summed E-state index contributed by atoms with van der Waals surface area (Å²) in [5.41, 5.74) is 4.67. The summed E-state index contributed by atoms with van der Waals surface area (Å²) in [6, 6.07) is 8.71. The van der Waals surface area contributed by atoms with E-state index in [9.17, 15) is 0 Å². The first kappa shape index (κ1) is 12.9. The number of rotatable bonds is 3. The van der Waals surface area contributed by atoms with E-state index in [1.165, 1.54) is 11.1 Å². The number of benzene rings is 1. The number of aryl methyl sites for hydroxylation is 2. The van der Waals surface area contributed by atoms with Crippen molar-refractivity contribution in [1.29, 1.82) is 0 Å². The molecular formula is C16H21NO. The molecule has 0 amide bonds. The van der Waals surface area contributed by atoms with Crippen LogP contribution in [0, 0.1) is 19.8 Å². The molecule has 0 radical (unpaired) electrons. The topological polar surface area (TPSA) is 26.0 Å². The summed E-state index contributed by atoms with van der Waals surface area (Å²) in [6.07, 6.45) is 0. The van der Waals surface area contributed by atoms with Crippen LogP contribution in [0.5, 0.6) is 0 Å². The van der Waals surface area contributed by atoms with Crippen molar-refractivity contribution >= 4 is 0 Å². The van der Waals surface area contributed by atoms with Gasteiger partial charge in [-0.15, -0.1) is 0 Å². The largest absolute Gasteiger partial charge is 0.361 e. The van der Waals surface area contributed by atoms with Crippen LogP contribution >= 0.6 is 0 Å². The molecule has 2 heteroatoms. The monoisotopic (exact) mass is 243 g/mol. The van der Waals surface area contributed by atoms with E-state index in [1.807, 2.05) is 13.8 Å². The Morgan fingerprint density at radius 3 is 2.39 bits per heavy atom. The lowest BCUT2D eigenvalue weighted by Gasteiger charge is -2.16. The van der Waals surface area contributed by atoms with Crippen LogP contribution in [0.1, 0.15) is 43.7 Å². The summed E-state index contributed by atoms with van der Waals surface area (Å²) in [4.78, 5) is 0. The minimum absolute atomic E-state index is 0.561. The second kappa shape index (κ2) is 4.97. The highest BCUT2D eigenvalue weighted by molar-refractivity contribution is 5.68. The molecule has 1 aromatic carbocycles. The number of nitrogens with zero attached hydrogens (tertiary/aromatic N) is 1. The van der Waals surface area contributed by atoms with Crippen LogP contribution < -0.4 is 0 Å². The Balaban J connectivity index is 2.45. The van der Waals surface area contributed by atoms with Crippen molar-refractivity contribution in [2.45, 2.75) is 40.5 Å². The molecule has 2 rings (SSSR count). The minimum Gasteiger partial charge on any atom is -0.361 e. The lowest BCUT2D eigenvalue weighted by atomic mass is 9.88. The third kappa shape index (κ3) is 2.33. The maximum absolute atomic E-state index is 5.25. The molecule has 18 heavy (non-hydrogen) atoms. The first-order chi connectivity index (χ1) is 8.50. The second-order valence-electron chi connectivity index (χ2n) is 5.36. The molecule has 1 aromatic heterocycles. The standard InChI is InChI=1S/C16H21NO/c1-10(2)11(3)14-7-6-8-15(9-14)16-12(4)17-18-13(16)5/h6-11H,1-5H3. The summed E-state index contributed by atoms with van der Waals surface area (Å²) < 4.78 is 5.25. The van der Waals surface area contributed by atoms with Crippen molar-refractivity contribution in [2.75, 3.05) is 0 Å². The van der Waals surface area contributed by atoms with Crippen molar-refractivity contribution in [3.63, 3.8) is 0 Å². The third-order valence-electron chi connectivity index (χ3n) is 3.73. The van der Waals surface area contributed by atoms with Crippen LogP contribution in [0.15, 0.2) is 28.8 Å². The molecule has 2 aromatic rings. The van der Waals surface area contributed by atoms with Gasteiger partial charge in [-0.3, -0.25) is 0 Å². The van der Waals surface area contributed by atoms with E-state index in [0.29, 0.717) is 11.8 Å². The molecule has 1 heterocycles. The van der Waals surface area contributed by atoms with E-state index in [0.717, 1.165) is 17.0 Å². The van der Waals surface area contributed by atoms with E-state index in [-0.39, 0.29) is 0 Å². The van der Waals surface area contributed by atoms with E-state index < -0.39 is 0 Å². The van der Waals surface area contributed by atoms with Crippen LogP contribution in [-0.4, -0.2) is 5.16 Å². The Morgan fingerprint density at radius 1 is 1.11 bits per heavy atom. The summed E-state index contributed by atoms with van der Waals surface area (Å²) in [5, 5.41) is 4.03. The Kier molecular flexibility index (Phi) is 3.55. The Bertz CT molecular complexity index is 520. The van der Waals surface area contributed by atoms with Gasteiger partial charge in [0.05, 0.1) is 5.69 Å². The molecule has 96 valence electrons. The molecule has 1 atom stereocenters. The van der Waals surface area contributed by atoms with Gasteiger partial charge >= 0.3 is 0 Å². The van der Waals surface area contributed by atoms with Crippen LogP contribution in [-0.2, 0) is 0 Å². The van der Waals surface area contributed by atoms with E-state index >= 15 is 0 Å². The summed E-state index contributed by atoms with van der Waals surface area (Å²) in [7, 11) is 0. The zero-order valence-electron chi connectivity index (χ0n) is 11.8. The first-order valence-corrected chi connectivity index (χ1v) is 6.54. The van der Waals surface area contributed by atoms with E-state index in [2.05, 4.69) is 50.2 Å². The third-order valence-corrected chi connectivity index (χ3v) is 3.73. The van der Waals surface area contributed by atoms with Gasteiger partial charge in [-0.1, -0.05) is 50.2 Å². The van der Waals surface area contributed by atoms with Gasteiger partial charge in [0.15, 0.2) is 0 Å². The van der Waals surface area contributed by atoms with Crippen molar-refractivity contribution in [3.8, 4) is 11.1 Å². The zero-order valence-corrected chi connectivity index (χ0v) is 11.8. The maximum Gasteiger partial charge on any atom is 0.141 e. The number of hydrogen-bond acceptors (Lipinski definition) is 2. The van der Waals surface area contributed by atoms with Crippen molar-refractivity contribution in [2.24, 2.45) is 5.92 Å². The normalized spacial score (nSPS) is 13.0. The van der Waals surface area contributed by atoms with Crippen LogP contribution in [0.4, 0.5) is 0 Å². The average Bonchev–Trinajstić information content (AvgIpc) is 2.68. The van der Waals surface area contributed by atoms with Gasteiger partial charge in [0.1, 0.15) is 5.76 Å². The van der Waals surface area contributed by atoms with Crippen LogP contribution in [0.25, 0.3) is 11.1 Å². The molecule has 0 fully saturated rings.